The molecular formula is C48H30N2S. The number of hydrogen-bond acceptors (Lipinski definition) is 3. The summed E-state index contributed by atoms with van der Waals surface area (Å²) in [7, 11) is 0. The summed E-state index contributed by atoms with van der Waals surface area (Å²) in [4.78, 5) is 11.7. The first-order valence-corrected chi connectivity index (χ1v) is 18.1. The molecule has 10 rings (SSSR count). The predicted octanol–water partition coefficient (Wildman–Crippen LogP) is 13.5. The Hall–Kier alpha value is -6.42. The highest BCUT2D eigenvalue weighted by atomic mass is 32.1. The Morgan fingerprint density at radius 2 is 0.882 bits per heavy atom. The Kier molecular flexibility index (Phi) is 7.04. The number of benzene rings is 8. The van der Waals surface area contributed by atoms with E-state index < -0.39 is 0 Å². The molecule has 0 bridgehead atoms. The van der Waals surface area contributed by atoms with Crippen molar-refractivity contribution >= 4 is 53.2 Å². The summed E-state index contributed by atoms with van der Waals surface area (Å²) in [5.41, 5.74) is 10.2. The Morgan fingerprint density at radius 3 is 1.65 bits per heavy atom. The number of aromatic nitrogens is 2. The van der Waals surface area contributed by atoms with E-state index in [1.165, 1.54) is 54.1 Å². The molecule has 10 aromatic rings. The maximum Gasteiger partial charge on any atom is 0.162 e. The van der Waals surface area contributed by atoms with Gasteiger partial charge in [-0.25, -0.2) is 9.97 Å². The maximum atomic E-state index is 5.45. The monoisotopic (exact) mass is 666 g/mol. The lowest BCUT2D eigenvalue weighted by Crippen LogP contribution is -1.95. The molecule has 238 valence electrons. The molecule has 0 amide bonds. The van der Waals surface area contributed by atoms with Gasteiger partial charge in [0.1, 0.15) is 4.83 Å². The first kappa shape index (κ1) is 29.5. The summed E-state index contributed by atoms with van der Waals surface area (Å²) >= 11 is 1.75. The summed E-state index contributed by atoms with van der Waals surface area (Å²) in [5.74, 6) is 0.747. The van der Waals surface area contributed by atoms with Gasteiger partial charge in [0.25, 0.3) is 0 Å². The molecule has 0 saturated carbocycles. The molecule has 0 saturated heterocycles. The molecule has 2 aromatic heterocycles. The fourth-order valence-corrected chi connectivity index (χ4v) is 8.49. The molecule has 3 heteroatoms. The van der Waals surface area contributed by atoms with Gasteiger partial charge in [0.05, 0.1) is 5.69 Å². The second-order valence-corrected chi connectivity index (χ2v) is 14.0. The SMILES string of the molecule is c1ccc(-c2ccc(-c3cccc(-c4cccc(-c5nc(-c6cccc7ccccc67)nc6sc7ccc8ccccc8c7c56)c4)c3)cc2)cc1. The van der Waals surface area contributed by atoms with Crippen molar-refractivity contribution in [1.82, 2.24) is 9.97 Å². The number of fused-ring (bicyclic) bond motifs is 6. The normalized spacial score (nSPS) is 11.5. The van der Waals surface area contributed by atoms with E-state index >= 15 is 0 Å². The van der Waals surface area contributed by atoms with Crippen LogP contribution in [0.2, 0.25) is 0 Å². The molecule has 2 heterocycles. The van der Waals surface area contributed by atoms with E-state index in [1.807, 2.05) is 0 Å². The minimum absolute atomic E-state index is 0.747. The number of thiophene rings is 1. The lowest BCUT2D eigenvalue weighted by atomic mass is 9.95. The van der Waals surface area contributed by atoms with Crippen molar-refractivity contribution in [3.05, 3.63) is 182 Å². The molecule has 51 heavy (non-hydrogen) atoms. The van der Waals surface area contributed by atoms with Gasteiger partial charge in [-0.1, -0.05) is 164 Å². The largest absolute Gasteiger partial charge is 0.227 e. The minimum atomic E-state index is 0.747. The van der Waals surface area contributed by atoms with E-state index in [4.69, 9.17) is 9.97 Å². The molecular weight excluding hydrogens is 637 g/mol. The average molecular weight is 667 g/mol. The summed E-state index contributed by atoms with van der Waals surface area (Å²) in [6.07, 6.45) is 0. The standard InChI is InChI=1S/C48H30N2S/c1-2-11-31(12-3-1)32-23-25-33(26-24-32)36-16-8-17-37(29-36)38-18-9-19-39(30-38)46-45-44-41-21-7-5-14-35(41)27-28-43(44)51-48(45)50-47(49-46)42-22-10-15-34-13-4-6-20-40(34)42/h1-30H. The summed E-state index contributed by atoms with van der Waals surface area (Å²) in [5, 5.41) is 7.11. The van der Waals surface area contributed by atoms with Crippen LogP contribution in [-0.2, 0) is 0 Å². The Labute approximate surface area is 300 Å². The third-order valence-corrected chi connectivity index (χ3v) is 11.0. The summed E-state index contributed by atoms with van der Waals surface area (Å²) in [6, 6.07) is 65.0. The highest BCUT2D eigenvalue weighted by molar-refractivity contribution is 7.25. The van der Waals surface area contributed by atoms with Gasteiger partial charge < -0.3 is 0 Å². The van der Waals surface area contributed by atoms with Crippen molar-refractivity contribution in [3.63, 3.8) is 0 Å². The van der Waals surface area contributed by atoms with Gasteiger partial charge in [-0.05, 0) is 73.1 Å². The number of nitrogens with zero attached hydrogens (tertiary/aromatic N) is 2. The quantitative estimate of drug-likeness (QED) is 0.183. The number of hydrogen-bond donors (Lipinski definition) is 0. The zero-order chi connectivity index (χ0) is 33.7. The molecule has 0 atom stereocenters. The molecule has 0 radical (unpaired) electrons. The van der Waals surface area contributed by atoms with Gasteiger partial charge in [0, 0.05) is 26.6 Å². The molecule has 2 nitrogen and oxygen atoms in total. The molecule has 0 unspecified atom stereocenters. The molecule has 0 aliphatic carbocycles. The van der Waals surface area contributed by atoms with Crippen LogP contribution in [0.3, 0.4) is 0 Å². The van der Waals surface area contributed by atoms with Gasteiger partial charge in [-0.3, -0.25) is 0 Å². The Balaban J connectivity index is 1.14. The van der Waals surface area contributed by atoms with E-state index in [-0.39, 0.29) is 0 Å². The average Bonchev–Trinajstić information content (AvgIpc) is 3.60. The van der Waals surface area contributed by atoms with Crippen molar-refractivity contribution in [2.24, 2.45) is 0 Å². The van der Waals surface area contributed by atoms with E-state index in [0.29, 0.717) is 0 Å². The van der Waals surface area contributed by atoms with E-state index in [0.717, 1.165) is 43.8 Å². The van der Waals surface area contributed by atoms with Gasteiger partial charge >= 0.3 is 0 Å². The highest BCUT2D eigenvalue weighted by Crippen LogP contribution is 2.44. The zero-order valence-corrected chi connectivity index (χ0v) is 28.4. The summed E-state index contributed by atoms with van der Waals surface area (Å²) in [6.45, 7) is 0. The van der Waals surface area contributed by atoms with Crippen LogP contribution in [0.4, 0.5) is 0 Å². The van der Waals surface area contributed by atoms with Crippen molar-refractivity contribution in [2.75, 3.05) is 0 Å². The maximum absolute atomic E-state index is 5.45. The van der Waals surface area contributed by atoms with Crippen LogP contribution in [0.25, 0.3) is 97.9 Å². The molecule has 0 aliphatic heterocycles. The van der Waals surface area contributed by atoms with Crippen LogP contribution >= 0.6 is 11.3 Å². The third kappa shape index (κ3) is 5.18. The second-order valence-electron chi connectivity index (χ2n) is 13.0. The van der Waals surface area contributed by atoms with Crippen LogP contribution in [-0.4, -0.2) is 9.97 Å². The number of rotatable bonds is 5. The second kappa shape index (κ2) is 12.2. The van der Waals surface area contributed by atoms with E-state index in [1.54, 1.807) is 11.3 Å². The van der Waals surface area contributed by atoms with Crippen molar-refractivity contribution < 1.29 is 0 Å². The van der Waals surface area contributed by atoms with Crippen molar-refractivity contribution in [1.29, 1.82) is 0 Å². The first-order valence-electron chi connectivity index (χ1n) is 17.2. The van der Waals surface area contributed by atoms with Gasteiger partial charge in [0.15, 0.2) is 5.82 Å². The zero-order valence-electron chi connectivity index (χ0n) is 27.6. The fraction of sp³-hybridized carbons (Fsp3) is 0. The van der Waals surface area contributed by atoms with Crippen LogP contribution in [0.15, 0.2) is 182 Å². The smallest absolute Gasteiger partial charge is 0.162 e. The Bertz CT molecular complexity index is 2900. The fourth-order valence-electron chi connectivity index (χ4n) is 7.40. The van der Waals surface area contributed by atoms with Crippen molar-refractivity contribution in [2.45, 2.75) is 0 Å². The first-order chi connectivity index (χ1) is 25.3. The lowest BCUT2D eigenvalue weighted by Gasteiger charge is -2.12. The molecule has 0 N–H and O–H groups in total. The van der Waals surface area contributed by atoms with Crippen LogP contribution < -0.4 is 0 Å². The van der Waals surface area contributed by atoms with Crippen LogP contribution in [0, 0.1) is 0 Å². The predicted molar refractivity (Wildman–Crippen MR) is 217 cm³/mol. The molecule has 0 fully saturated rings. The lowest BCUT2D eigenvalue weighted by molar-refractivity contribution is 1.25. The highest BCUT2D eigenvalue weighted by Gasteiger charge is 2.20. The van der Waals surface area contributed by atoms with Gasteiger partial charge in [-0.15, -0.1) is 11.3 Å². The van der Waals surface area contributed by atoms with E-state index in [9.17, 15) is 0 Å². The van der Waals surface area contributed by atoms with Crippen molar-refractivity contribution in [3.8, 4) is 56.0 Å². The summed E-state index contributed by atoms with van der Waals surface area (Å²) < 4.78 is 1.22. The van der Waals surface area contributed by atoms with Crippen LogP contribution in [0.5, 0.6) is 0 Å². The van der Waals surface area contributed by atoms with E-state index in [2.05, 4.69) is 182 Å². The molecule has 0 aliphatic rings. The minimum Gasteiger partial charge on any atom is -0.227 e. The molecule has 0 spiro atoms. The molecule has 8 aromatic carbocycles. The van der Waals surface area contributed by atoms with Crippen LogP contribution in [0.1, 0.15) is 0 Å². The van der Waals surface area contributed by atoms with Gasteiger partial charge in [-0.2, -0.15) is 0 Å². The topological polar surface area (TPSA) is 25.8 Å². The van der Waals surface area contributed by atoms with Gasteiger partial charge in [0.2, 0.25) is 0 Å². The Morgan fingerprint density at radius 1 is 0.353 bits per heavy atom. The third-order valence-electron chi connectivity index (χ3n) is 9.91.